The molecule has 0 N–H and O–H groups in total. The maximum atomic E-state index is 11.6. The summed E-state index contributed by atoms with van der Waals surface area (Å²) in [5.41, 5.74) is 1.07. The predicted molar refractivity (Wildman–Crippen MR) is 61.8 cm³/mol. The fraction of sp³-hybridized carbons (Fsp3) is 0.167. The van der Waals surface area contributed by atoms with Crippen LogP contribution in [0, 0.1) is 6.92 Å². The lowest BCUT2D eigenvalue weighted by molar-refractivity contribution is 0.602. The molecule has 0 aromatic heterocycles. The molecule has 2 aromatic carbocycles. The number of rotatable bonds is 1. The molecular weight excluding hydrogens is 208 g/mol. The van der Waals surface area contributed by atoms with Crippen molar-refractivity contribution in [3.63, 3.8) is 0 Å². The topological polar surface area (TPSA) is 34.1 Å². The first kappa shape index (κ1) is 10.2. The summed E-state index contributed by atoms with van der Waals surface area (Å²) in [6, 6.07) is 11.2. The van der Waals surface area contributed by atoms with E-state index in [9.17, 15) is 8.42 Å². The highest BCUT2D eigenvalue weighted by Gasteiger charge is 2.10. The van der Waals surface area contributed by atoms with Crippen LogP contribution >= 0.6 is 0 Å². The molecule has 78 valence electrons. The molecule has 0 heterocycles. The van der Waals surface area contributed by atoms with Crippen molar-refractivity contribution in [3.05, 3.63) is 42.0 Å². The number of benzene rings is 2. The van der Waals surface area contributed by atoms with Crippen molar-refractivity contribution in [2.45, 2.75) is 11.8 Å². The zero-order chi connectivity index (χ0) is 11.1. The Hall–Kier alpha value is -1.35. The first-order valence-corrected chi connectivity index (χ1v) is 6.57. The Morgan fingerprint density at radius 3 is 2.47 bits per heavy atom. The minimum Gasteiger partial charge on any atom is -0.224 e. The van der Waals surface area contributed by atoms with E-state index in [1.54, 1.807) is 12.1 Å². The number of aryl methyl sites for hydroxylation is 1. The molecule has 0 amide bonds. The Balaban J connectivity index is 2.92. The Morgan fingerprint density at radius 2 is 1.80 bits per heavy atom. The van der Waals surface area contributed by atoms with E-state index in [1.165, 1.54) is 6.26 Å². The van der Waals surface area contributed by atoms with Crippen LogP contribution in [-0.4, -0.2) is 14.7 Å². The number of hydrogen-bond acceptors (Lipinski definition) is 2. The molecular formula is C12H12O2S. The lowest BCUT2D eigenvalue weighted by Crippen LogP contribution is -1.97. The van der Waals surface area contributed by atoms with Gasteiger partial charge in [-0.1, -0.05) is 35.9 Å². The lowest BCUT2D eigenvalue weighted by atomic mass is 10.1. The van der Waals surface area contributed by atoms with Crippen molar-refractivity contribution in [3.8, 4) is 0 Å². The molecule has 0 saturated heterocycles. The van der Waals surface area contributed by atoms with Crippen LogP contribution in [0.1, 0.15) is 5.56 Å². The van der Waals surface area contributed by atoms with Crippen LogP contribution in [0.2, 0.25) is 0 Å². The molecule has 0 aliphatic heterocycles. The van der Waals surface area contributed by atoms with E-state index in [0.717, 1.165) is 16.3 Å². The third-order valence-electron chi connectivity index (χ3n) is 2.40. The van der Waals surface area contributed by atoms with E-state index >= 15 is 0 Å². The quantitative estimate of drug-likeness (QED) is 0.740. The minimum absolute atomic E-state index is 0.406. The van der Waals surface area contributed by atoms with Crippen LogP contribution in [0.5, 0.6) is 0 Å². The molecule has 0 saturated carbocycles. The van der Waals surface area contributed by atoms with Gasteiger partial charge in [0.15, 0.2) is 9.84 Å². The summed E-state index contributed by atoms with van der Waals surface area (Å²) >= 11 is 0. The summed E-state index contributed by atoms with van der Waals surface area (Å²) in [6.07, 6.45) is 1.24. The molecule has 3 heteroatoms. The van der Waals surface area contributed by atoms with Gasteiger partial charge in [0.25, 0.3) is 0 Å². The largest absolute Gasteiger partial charge is 0.224 e. The van der Waals surface area contributed by atoms with Gasteiger partial charge in [-0.3, -0.25) is 0 Å². The average molecular weight is 220 g/mol. The number of fused-ring (bicyclic) bond motifs is 1. The Kier molecular flexibility index (Phi) is 2.27. The highest BCUT2D eigenvalue weighted by molar-refractivity contribution is 7.91. The maximum absolute atomic E-state index is 11.6. The summed E-state index contributed by atoms with van der Waals surface area (Å²) in [5, 5.41) is 1.77. The van der Waals surface area contributed by atoms with E-state index in [2.05, 4.69) is 0 Å². The van der Waals surface area contributed by atoms with E-state index in [-0.39, 0.29) is 0 Å². The molecule has 0 unspecified atom stereocenters. The second kappa shape index (κ2) is 3.35. The number of hydrogen-bond donors (Lipinski definition) is 0. The van der Waals surface area contributed by atoms with Crippen LogP contribution in [0.4, 0.5) is 0 Å². The molecule has 0 aliphatic rings. The third-order valence-corrected chi connectivity index (χ3v) is 3.55. The van der Waals surface area contributed by atoms with Crippen LogP contribution in [0.25, 0.3) is 10.8 Å². The molecule has 2 aromatic rings. The van der Waals surface area contributed by atoms with Gasteiger partial charge in [0, 0.05) is 11.6 Å². The third kappa shape index (κ3) is 1.88. The maximum Gasteiger partial charge on any atom is 0.176 e. The molecule has 0 bridgehead atoms. The van der Waals surface area contributed by atoms with E-state index in [1.807, 2.05) is 31.2 Å². The normalized spacial score (nSPS) is 11.9. The van der Waals surface area contributed by atoms with Gasteiger partial charge in [0.2, 0.25) is 0 Å². The van der Waals surface area contributed by atoms with E-state index in [4.69, 9.17) is 0 Å². The van der Waals surface area contributed by atoms with Crippen molar-refractivity contribution in [2.24, 2.45) is 0 Å². The first-order valence-electron chi connectivity index (χ1n) is 4.68. The second-order valence-electron chi connectivity index (χ2n) is 3.75. The van der Waals surface area contributed by atoms with E-state index in [0.29, 0.717) is 4.90 Å². The van der Waals surface area contributed by atoms with Crippen molar-refractivity contribution in [2.75, 3.05) is 6.26 Å². The minimum atomic E-state index is -3.15. The zero-order valence-electron chi connectivity index (χ0n) is 8.69. The van der Waals surface area contributed by atoms with Crippen molar-refractivity contribution in [1.82, 2.24) is 0 Å². The summed E-state index contributed by atoms with van der Waals surface area (Å²) < 4.78 is 23.1. The van der Waals surface area contributed by atoms with Crippen LogP contribution in [-0.2, 0) is 9.84 Å². The van der Waals surface area contributed by atoms with Crippen molar-refractivity contribution >= 4 is 20.6 Å². The molecule has 0 fully saturated rings. The highest BCUT2D eigenvalue weighted by Crippen LogP contribution is 2.23. The molecule has 15 heavy (non-hydrogen) atoms. The smallest absolute Gasteiger partial charge is 0.176 e. The summed E-state index contributed by atoms with van der Waals surface area (Å²) in [6.45, 7) is 1.96. The van der Waals surface area contributed by atoms with E-state index < -0.39 is 9.84 Å². The van der Waals surface area contributed by atoms with Gasteiger partial charge >= 0.3 is 0 Å². The molecule has 2 nitrogen and oxygen atoms in total. The number of sulfone groups is 1. The van der Waals surface area contributed by atoms with Crippen molar-refractivity contribution in [1.29, 1.82) is 0 Å². The van der Waals surface area contributed by atoms with Gasteiger partial charge in [0.1, 0.15) is 0 Å². The molecule has 0 aliphatic carbocycles. The SMILES string of the molecule is Cc1ccc2cccc(S(C)(=O)=O)c2c1. The van der Waals surface area contributed by atoms with Gasteiger partial charge in [-0.25, -0.2) is 8.42 Å². The monoisotopic (exact) mass is 220 g/mol. The van der Waals surface area contributed by atoms with Crippen LogP contribution < -0.4 is 0 Å². The molecule has 0 atom stereocenters. The Labute approximate surface area is 89.5 Å². The van der Waals surface area contributed by atoms with Gasteiger partial charge < -0.3 is 0 Å². The summed E-state index contributed by atoms with van der Waals surface area (Å²) in [5.74, 6) is 0. The fourth-order valence-electron chi connectivity index (χ4n) is 1.68. The van der Waals surface area contributed by atoms with Gasteiger partial charge in [0.05, 0.1) is 4.90 Å². The van der Waals surface area contributed by atoms with Crippen LogP contribution in [0.3, 0.4) is 0 Å². The fourth-order valence-corrected chi connectivity index (χ4v) is 2.58. The van der Waals surface area contributed by atoms with Crippen molar-refractivity contribution < 1.29 is 8.42 Å². The average Bonchev–Trinajstić information content (AvgIpc) is 2.15. The molecule has 0 spiro atoms. The predicted octanol–water partition coefficient (Wildman–Crippen LogP) is 2.55. The molecule has 2 rings (SSSR count). The lowest BCUT2D eigenvalue weighted by Gasteiger charge is -2.05. The molecule has 0 radical (unpaired) electrons. The summed E-state index contributed by atoms with van der Waals surface area (Å²) in [4.78, 5) is 0.406. The van der Waals surface area contributed by atoms with Gasteiger partial charge in [-0.05, 0) is 18.4 Å². The highest BCUT2D eigenvalue weighted by atomic mass is 32.2. The van der Waals surface area contributed by atoms with Gasteiger partial charge in [-0.15, -0.1) is 0 Å². The van der Waals surface area contributed by atoms with Crippen LogP contribution in [0.15, 0.2) is 41.3 Å². The second-order valence-corrected chi connectivity index (χ2v) is 5.74. The van der Waals surface area contributed by atoms with Gasteiger partial charge in [-0.2, -0.15) is 0 Å². The summed E-state index contributed by atoms with van der Waals surface area (Å²) in [7, 11) is -3.15. The zero-order valence-corrected chi connectivity index (χ0v) is 9.51. The first-order chi connectivity index (χ1) is 6.98. The Morgan fingerprint density at radius 1 is 1.07 bits per heavy atom. The Bertz CT molecular complexity index is 613. The standard InChI is InChI=1S/C12H12O2S/c1-9-6-7-10-4-3-5-12(11(10)8-9)15(2,13)14/h3-8H,1-2H3.